The van der Waals surface area contributed by atoms with E-state index in [1.807, 2.05) is 25.8 Å². The summed E-state index contributed by atoms with van der Waals surface area (Å²) in [6, 6.07) is 4.83. The summed E-state index contributed by atoms with van der Waals surface area (Å²) in [4.78, 5) is 16.6. The molecule has 0 aliphatic carbocycles. The fourth-order valence-corrected chi connectivity index (χ4v) is 4.23. The fourth-order valence-electron chi connectivity index (χ4n) is 4.23. The van der Waals surface area contributed by atoms with E-state index in [2.05, 4.69) is 10.3 Å². The molecule has 35 heavy (non-hydrogen) atoms. The third-order valence-corrected chi connectivity index (χ3v) is 6.37. The topological polar surface area (TPSA) is 83.7 Å². The number of aliphatic hydroxyl groups is 1. The molecule has 0 fully saturated rings. The van der Waals surface area contributed by atoms with Crippen LogP contribution < -0.4 is 0 Å². The van der Waals surface area contributed by atoms with Gasteiger partial charge in [-0.1, -0.05) is 24.3 Å². The Morgan fingerprint density at radius 2 is 2.00 bits per heavy atom. The molecule has 0 saturated carbocycles. The Bertz CT molecular complexity index is 951. The largest absolute Gasteiger partial charge is 0.416 e. The highest BCUT2D eigenvalue weighted by Gasteiger charge is 2.30. The van der Waals surface area contributed by atoms with Crippen molar-refractivity contribution in [1.82, 2.24) is 24.8 Å². The second-order valence-electron chi connectivity index (χ2n) is 9.35. The molecule has 3 atom stereocenters. The Morgan fingerprint density at radius 3 is 2.66 bits per heavy atom. The third kappa shape index (κ3) is 7.49. The highest BCUT2D eigenvalue weighted by atomic mass is 19.4. The Labute approximate surface area is 203 Å². The van der Waals surface area contributed by atoms with Gasteiger partial charge in [0.25, 0.3) is 0 Å². The number of alkyl halides is 3. The lowest BCUT2D eigenvalue weighted by molar-refractivity contribution is -0.138. The van der Waals surface area contributed by atoms with Crippen LogP contribution in [-0.2, 0) is 35.4 Å². The highest BCUT2D eigenvalue weighted by Crippen LogP contribution is 2.29. The van der Waals surface area contributed by atoms with E-state index < -0.39 is 11.7 Å². The molecule has 0 spiro atoms. The van der Waals surface area contributed by atoms with Crippen molar-refractivity contribution in [3.05, 3.63) is 47.3 Å². The number of rotatable bonds is 6. The van der Waals surface area contributed by atoms with Crippen LogP contribution in [0.15, 0.2) is 30.5 Å². The number of aryl methyl sites for hydroxylation is 1. The number of benzene rings is 1. The second-order valence-corrected chi connectivity index (χ2v) is 9.35. The van der Waals surface area contributed by atoms with Crippen molar-refractivity contribution in [2.75, 3.05) is 26.7 Å². The van der Waals surface area contributed by atoms with Gasteiger partial charge in [-0.3, -0.25) is 9.69 Å². The van der Waals surface area contributed by atoms with E-state index in [1.54, 1.807) is 15.8 Å². The molecule has 1 aliphatic rings. The molecule has 1 aromatic carbocycles. The molecule has 2 aromatic rings. The number of carbonyl (C=O) groups is 1. The summed E-state index contributed by atoms with van der Waals surface area (Å²) in [7, 11) is 1.88. The monoisotopic (exact) mass is 497 g/mol. The maximum absolute atomic E-state index is 12.9. The number of nitrogens with zero attached hydrogens (tertiary/aromatic N) is 5. The predicted molar refractivity (Wildman–Crippen MR) is 123 cm³/mol. The molecule has 8 nitrogen and oxygen atoms in total. The van der Waals surface area contributed by atoms with E-state index in [9.17, 15) is 23.1 Å². The number of halogens is 3. The molecule has 0 saturated heterocycles. The van der Waals surface area contributed by atoms with Crippen LogP contribution in [0.25, 0.3) is 0 Å². The van der Waals surface area contributed by atoms with Gasteiger partial charge < -0.3 is 14.7 Å². The molecule has 0 radical (unpaired) electrons. The summed E-state index contributed by atoms with van der Waals surface area (Å²) in [5.41, 5.74) is 0.906. The first-order valence-electron chi connectivity index (χ1n) is 11.8. The molecule has 1 aliphatic heterocycles. The van der Waals surface area contributed by atoms with Crippen molar-refractivity contribution in [3.63, 3.8) is 0 Å². The molecule has 0 bridgehead atoms. The minimum absolute atomic E-state index is 0.0301. The number of carbonyl (C=O) groups excluding carboxylic acids is 1. The van der Waals surface area contributed by atoms with Crippen LogP contribution in [0.4, 0.5) is 13.2 Å². The van der Waals surface area contributed by atoms with Crippen LogP contribution in [0.2, 0.25) is 0 Å². The van der Waals surface area contributed by atoms with Crippen molar-refractivity contribution in [2.24, 2.45) is 5.92 Å². The minimum atomic E-state index is -4.36. The first kappa shape index (κ1) is 27.1. The fraction of sp³-hybridized carbons (Fsp3) is 0.625. The van der Waals surface area contributed by atoms with Crippen molar-refractivity contribution in [1.29, 1.82) is 0 Å². The predicted octanol–water partition coefficient (Wildman–Crippen LogP) is 2.95. The summed E-state index contributed by atoms with van der Waals surface area (Å²) < 4.78 is 46.6. The van der Waals surface area contributed by atoms with E-state index in [0.717, 1.165) is 23.4 Å². The second kappa shape index (κ2) is 12.0. The van der Waals surface area contributed by atoms with Gasteiger partial charge in [0, 0.05) is 38.5 Å². The quantitative estimate of drug-likeness (QED) is 0.661. The zero-order valence-corrected chi connectivity index (χ0v) is 20.4. The van der Waals surface area contributed by atoms with Crippen molar-refractivity contribution >= 4 is 5.91 Å². The molecule has 3 rings (SSSR count). The van der Waals surface area contributed by atoms with Crippen molar-refractivity contribution in [3.8, 4) is 0 Å². The summed E-state index contributed by atoms with van der Waals surface area (Å²) >= 11 is 0. The molecule has 2 heterocycles. The van der Waals surface area contributed by atoms with Crippen LogP contribution in [-0.4, -0.2) is 74.7 Å². The molecule has 1 amide bonds. The molecular formula is C24H34F3N5O3. The summed E-state index contributed by atoms with van der Waals surface area (Å²) in [5.74, 6) is -0.0933. The lowest BCUT2D eigenvalue weighted by Crippen LogP contribution is -2.47. The lowest BCUT2D eigenvalue weighted by atomic mass is 10.0. The van der Waals surface area contributed by atoms with Gasteiger partial charge in [0.2, 0.25) is 5.91 Å². The Hall–Kier alpha value is -2.50. The minimum Gasteiger partial charge on any atom is -0.394 e. The maximum atomic E-state index is 12.9. The average molecular weight is 498 g/mol. The van der Waals surface area contributed by atoms with Gasteiger partial charge in [0.05, 0.1) is 42.8 Å². The van der Waals surface area contributed by atoms with E-state index in [1.165, 1.54) is 12.1 Å². The zero-order valence-electron chi connectivity index (χ0n) is 20.4. The highest BCUT2D eigenvalue weighted by molar-refractivity contribution is 5.76. The summed E-state index contributed by atoms with van der Waals surface area (Å²) in [6.45, 7) is 5.90. The molecule has 0 unspecified atom stereocenters. The third-order valence-electron chi connectivity index (χ3n) is 6.37. The molecule has 194 valence electrons. The lowest BCUT2D eigenvalue weighted by Gasteiger charge is -2.35. The van der Waals surface area contributed by atoms with Crippen LogP contribution in [0, 0.1) is 5.92 Å². The number of aliphatic hydroxyl groups excluding tert-OH is 1. The molecular weight excluding hydrogens is 463 g/mol. The van der Waals surface area contributed by atoms with Gasteiger partial charge in [-0.15, -0.1) is 5.10 Å². The molecule has 11 heteroatoms. The summed E-state index contributed by atoms with van der Waals surface area (Å²) in [5, 5.41) is 17.8. The average Bonchev–Trinajstić information content (AvgIpc) is 3.25. The molecule has 1 aromatic heterocycles. The van der Waals surface area contributed by atoms with Gasteiger partial charge in [0.15, 0.2) is 0 Å². The van der Waals surface area contributed by atoms with E-state index >= 15 is 0 Å². The van der Waals surface area contributed by atoms with Crippen LogP contribution in [0.1, 0.15) is 43.5 Å². The van der Waals surface area contributed by atoms with Gasteiger partial charge in [-0.2, -0.15) is 13.2 Å². The zero-order chi connectivity index (χ0) is 25.6. The van der Waals surface area contributed by atoms with Gasteiger partial charge in [0.1, 0.15) is 0 Å². The van der Waals surface area contributed by atoms with Gasteiger partial charge >= 0.3 is 6.18 Å². The first-order chi connectivity index (χ1) is 16.6. The summed E-state index contributed by atoms with van der Waals surface area (Å²) in [6.07, 6.45) is -2.04. The standard InChI is InChI=1S/C24H34F3N5O3/c1-17-12-31(18(2)15-33)23(34)5-4-10-32-21(11-28-29-32)16-35-22(17)14-30(3)13-19-6-8-20(9-7-19)24(25,26)27/h6-9,11,17-18,22,33H,4-5,10,12-16H2,1-3H3/t17-,18-,22+/m1/s1. The van der Waals surface area contributed by atoms with Crippen LogP contribution >= 0.6 is 0 Å². The number of likely N-dealkylation sites (N-methyl/N-ethyl adjacent to an activating group) is 1. The van der Waals surface area contributed by atoms with Gasteiger partial charge in [-0.25, -0.2) is 4.68 Å². The Morgan fingerprint density at radius 1 is 1.29 bits per heavy atom. The Kier molecular flexibility index (Phi) is 9.26. The Balaban J connectivity index is 1.75. The molecule has 1 N–H and O–H groups in total. The van der Waals surface area contributed by atoms with Crippen LogP contribution in [0.5, 0.6) is 0 Å². The van der Waals surface area contributed by atoms with E-state index in [-0.39, 0.29) is 30.6 Å². The smallest absolute Gasteiger partial charge is 0.394 e. The van der Waals surface area contributed by atoms with Crippen molar-refractivity contribution in [2.45, 2.75) is 64.7 Å². The van der Waals surface area contributed by atoms with Gasteiger partial charge in [-0.05, 0) is 38.1 Å². The number of amides is 1. The number of ether oxygens (including phenoxy) is 1. The van der Waals surface area contributed by atoms with Crippen LogP contribution in [0.3, 0.4) is 0 Å². The SMILES string of the molecule is C[C@@H]1CN([C@H](C)CO)C(=O)CCCn2nncc2CO[C@H]1CN(C)Cc1ccc(C(F)(F)F)cc1. The van der Waals surface area contributed by atoms with E-state index in [4.69, 9.17) is 4.74 Å². The number of aromatic nitrogens is 3. The number of fused-ring (bicyclic) bond motifs is 1. The number of hydrogen-bond donors (Lipinski definition) is 1. The number of hydrogen-bond acceptors (Lipinski definition) is 6. The van der Waals surface area contributed by atoms with E-state index in [0.29, 0.717) is 45.6 Å². The first-order valence-corrected chi connectivity index (χ1v) is 11.8. The normalized spacial score (nSPS) is 21.4. The van der Waals surface area contributed by atoms with Crippen molar-refractivity contribution < 1.29 is 27.8 Å². The maximum Gasteiger partial charge on any atom is 0.416 e.